The molecule has 0 aromatic heterocycles. The second-order valence-corrected chi connectivity index (χ2v) is 9.35. The number of ether oxygens (including phenoxy) is 1. The zero-order valence-corrected chi connectivity index (χ0v) is 17.3. The lowest BCUT2D eigenvalue weighted by atomic mass is 9.66. The van der Waals surface area contributed by atoms with Gasteiger partial charge in [-0.3, -0.25) is 9.59 Å². The molecular formula is C22H27F3N2O3. The summed E-state index contributed by atoms with van der Waals surface area (Å²) >= 11 is 0. The Morgan fingerprint density at radius 3 is 2.43 bits per heavy atom. The molecule has 3 fully saturated rings. The lowest BCUT2D eigenvalue weighted by molar-refractivity contribution is -0.274. The second-order valence-electron chi connectivity index (χ2n) is 9.35. The van der Waals surface area contributed by atoms with Crippen LogP contribution in [0.15, 0.2) is 18.2 Å². The fourth-order valence-electron chi connectivity index (χ4n) is 5.12. The molecule has 0 atom stereocenters. The van der Waals surface area contributed by atoms with Crippen molar-refractivity contribution in [1.29, 1.82) is 0 Å². The molecule has 1 spiro atoms. The number of carbonyl (C=O) groups excluding carboxylic acids is 2. The zero-order chi connectivity index (χ0) is 21.7. The number of halogens is 3. The number of hydrogen-bond acceptors (Lipinski definition) is 3. The van der Waals surface area contributed by atoms with Gasteiger partial charge in [0.2, 0.25) is 11.8 Å². The van der Waals surface area contributed by atoms with Crippen molar-refractivity contribution < 1.29 is 27.5 Å². The largest absolute Gasteiger partial charge is 0.573 e. The van der Waals surface area contributed by atoms with E-state index in [9.17, 15) is 22.8 Å². The highest BCUT2D eigenvalue weighted by Gasteiger charge is 2.52. The van der Waals surface area contributed by atoms with E-state index < -0.39 is 6.36 Å². The molecule has 1 saturated carbocycles. The van der Waals surface area contributed by atoms with Crippen LogP contribution in [0.3, 0.4) is 0 Å². The molecule has 0 radical (unpaired) electrons. The van der Waals surface area contributed by atoms with Crippen molar-refractivity contribution in [2.24, 2.45) is 5.92 Å². The van der Waals surface area contributed by atoms with E-state index in [1.54, 1.807) is 13.0 Å². The van der Waals surface area contributed by atoms with Gasteiger partial charge in [-0.05, 0) is 61.6 Å². The summed E-state index contributed by atoms with van der Waals surface area (Å²) in [4.78, 5) is 26.2. The predicted octanol–water partition coefficient (Wildman–Crippen LogP) is 3.83. The maximum absolute atomic E-state index is 12.9. The van der Waals surface area contributed by atoms with Crippen LogP contribution in [0.2, 0.25) is 0 Å². The molecule has 30 heavy (non-hydrogen) atoms. The summed E-state index contributed by atoms with van der Waals surface area (Å²) in [5.41, 5.74) is 0.758. The molecule has 2 saturated heterocycles. The topological polar surface area (TPSA) is 58.6 Å². The van der Waals surface area contributed by atoms with Crippen molar-refractivity contribution in [1.82, 2.24) is 10.2 Å². The number of benzene rings is 1. The van der Waals surface area contributed by atoms with Crippen LogP contribution in [-0.2, 0) is 15.0 Å². The summed E-state index contributed by atoms with van der Waals surface area (Å²) in [6.45, 7) is 4.78. The normalized spacial score (nSPS) is 28.2. The second kappa shape index (κ2) is 7.17. The van der Waals surface area contributed by atoms with Gasteiger partial charge in [0.15, 0.2) is 0 Å². The summed E-state index contributed by atoms with van der Waals surface area (Å²) in [7, 11) is 0. The van der Waals surface area contributed by atoms with E-state index in [0.717, 1.165) is 12.0 Å². The highest BCUT2D eigenvalue weighted by atomic mass is 19.4. The number of carbonyl (C=O) groups is 2. The molecule has 5 nitrogen and oxygen atoms in total. The standard InChI is InChI=1S/C22H27F3N2O3/c1-14-3-4-16(11-17(14)30-22(23,24)25)20(2)7-9-27(10-8-20)19(29)15-12-21(13-15)6-5-18(28)26-21/h3-4,11,15H,5-10,12-13H2,1-2H3,(H,26,28)/t15-,21+. The van der Waals surface area contributed by atoms with E-state index in [4.69, 9.17) is 0 Å². The highest BCUT2D eigenvalue weighted by Crippen LogP contribution is 2.45. The van der Waals surface area contributed by atoms with Gasteiger partial charge in [0.1, 0.15) is 5.75 Å². The molecule has 8 heteroatoms. The van der Waals surface area contributed by atoms with Gasteiger partial charge in [-0.2, -0.15) is 0 Å². The van der Waals surface area contributed by atoms with Crippen LogP contribution in [0, 0.1) is 12.8 Å². The van der Waals surface area contributed by atoms with E-state index in [-0.39, 0.29) is 34.4 Å². The minimum atomic E-state index is -4.72. The molecule has 1 aromatic carbocycles. The first-order valence-corrected chi connectivity index (χ1v) is 10.5. The molecular weight excluding hydrogens is 397 g/mol. The molecule has 3 aliphatic rings. The Bertz CT molecular complexity index is 854. The lowest BCUT2D eigenvalue weighted by Gasteiger charge is -2.47. The van der Waals surface area contributed by atoms with Crippen molar-refractivity contribution >= 4 is 11.8 Å². The van der Waals surface area contributed by atoms with Gasteiger partial charge in [-0.1, -0.05) is 19.1 Å². The zero-order valence-electron chi connectivity index (χ0n) is 17.3. The third-order valence-corrected chi connectivity index (χ3v) is 7.15. The van der Waals surface area contributed by atoms with Crippen LogP contribution < -0.4 is 10.1 Å². The van der Waals surface area contributed by atoms with E-state index in [1.165, 1.54) is 6.07 Å². The van der Waals surface area contributed by atoms with Crippen LogP contribution in [0.25, 0.3) is 0 Å². The van der Waals surface area contributed by atoms with Crippen LogP contribution in [0.5, 0.6) is 5.75 Å². The van der Waals surface area contributed by atoms with E-state index in [2.05, 4.69) is 10.1 Å². The van der Waals surface area contributed by atoms with E-state index in [0.29, 0.717) is 50.8 Å². The summed E-state index contributed by atoms with van der Waals surface area (Å²) in [5, 5.41) is 3.01. The predicted molar refractivity (Wildman–Crippen MR) is 104 cm³/mol. The van der Waals surface area contributed by atoms with Crippen LogP contribution in [0.1, 0.15) is 56.6 Å². The van der Waals surface area contributed by atoms with Gasteiger partial charge in [0.25, 0.3) is 0 Å². The molecule has 1 aromatic rings. The fraction of sp³-hybridized carbons (Fsp3) is 0.636. The SMILES string of the molecule is Cc1ccc(C2(C)CCN(C(=O)[C@H]3C[C@]4(CCC(=O)N4)C3)CC2)cc1OC(F)(F)F. The Hall–Kier alpha value is -2.25. The molecule has 164 valence electrons. The molecule has 2 aliphatic heterocycles. The van der Waals surface area contributed by atoms with Gasteiger partial charge >= 0.3 is 6.36 Å². The molecule has 0 bridgehead atoms. The van der Waals surface area contributed by atoms with Gasteiger partial charge in [-0.15, -0.1) is 13.2 Å². The van der Waals surface area contributed by atoms with Crippen molar-refractivity contribution in [3.05, 3.63) is 29.3 Å². The molecule has 2 heterocycles. The van der Waals surface area contributed by atoms with Crippen LogP contribution in [-0.4, -0.2) is 41.7 Å². The summed E-state index contributed by atoms with van der Waals surface area (Å²) < 4.78 is 42.2. The third-order valence-electron chi connectivity index (χ3n) is 7.15. The Morgan fingerprint density at radius 1 is 1.20 bits per heavy atom. The Labute approximate surface area is 173 Å². The van der Waals surface area contributed by atoms with Crippen molar-refractivity contribution in [3.8, 4) is 5.75 Å². The quantitative estimate of drug-likeness (QED) is 0.802. The lowest BCUT2D eigenvalue weighted by Crippen LogP contribution is -2.57. The van der Waals surface area contributed by atoms with E-state index >= 15 is 0 Å². The first kappa shape index (κ1) is 21.0. The number of nitrogens with one attached hydrogen (secondary N) is 1. The smallest absolute Gasteiger partial charge is 0.406 e. The van der Waals surface area contributed by atoms with Gasteiger partial charge in [0.05, 0.1) is 0 Å². The fourth-order valence-corrected chi connectivity index (χ4v) is 5.12. The monoisotopic (exact) mass is 424 g/mol. The van der Waals surface area contributed by atoms with Crippen molar-refractivity contribution in [2.75, 3.05) is 13.1 Å². The van der Waals surface area contributed by atoms with Gasteiger partial charge < -0.3 is 15.0 Å². The maximum Gasteiger partial charge on any atom is 0.573 e. The Balaban J connectivity index is 1.37. The third kappa shape index (κ3) is 4.01. The van der Waals surface area contributed by atoms with Crippen LogP contribution >= 0.6 is 0 Å². The number of likely N-dealkylation sites (tertiary alicyclic amines) is 1. The first-order chi connectivity index (χ1) is 14.0. The molecule has 4 rings (SSSR count). The number of amides is 2. The molecule has 2 amide bonds. The Kier molecular flexibility index (Phi) is 5.02. The minimum absolute atomic E-state index is 0.0427. The van der Waals surface area contributed by atoms with Crippen molar-refractivity contribution in [3.63, 3.8) is 0 Å². The average molecular weight is 424 g/mol. The number of rotatable bonds is 3. The van der Waals surface area contributed by atoms with E-state index in [1.807, 2.05) is 17.9 Å². The number of nitrogens with zero attached hydrogens (tertiary/aromatic N) is 1. The average Bonchev–Trinajstić information content (AvgIpc) is 3.03. The minimum Gasteiger partial charge on any atom is -0.406 e. The maximum atomic E-state index is 12.9. The van der Waals surface area contributed by atoms with Gasteiger partial charge in [-0.25, -0.2) is 0 Å². The number of aryl methyl sites for hydroxylation is 1. The molecule has 0 unspecified atom stereocenters. The van der Waals surface area contributed by atoms with Gasteiger partial charge in [0, 0.05) is 31.0 Å². The Morgan fingerprint density at radius 2 is 1.87 bits per heavy atom. The summed E-state index contributed by atoms with van der Waals surface area (Å²) in [6, 6.07) is 5.00. The van der Waals surface area contributed by atoms with Crippen LogP contribution in [0.4, 0.5) is 13.2 Å². The molecule has 1 N–H and O–H groups in total. The number of alkyl halides is 3. The summed E-state index contributed by atoms with van der Waals surface area (Å²) in [5.74, 6) is -0.00698. The number of hydrogen-bond donors (Lipinski definition) is 1. The van der Waals surface area contributed by atoms with Crippen molar-refractivity contribution in [2.45, 2.75) is 69.7 Å². The first-order valence-electron chi connectivity index (χ1n) is 10.5. The summed E-state index contributed by atoms with van der Waals surface area (Å²) in [6.07, 6.45) is -0.589. The molecule has 1 aliphatic carbocycles. The highest BCUT2D eigenvalue weighted by molar-refractivity contribution is 5.83. The number of piperidine rings is 1.